The van der Waals surface area contributed by atoms with Gasteiger partial charge in [-0.3, -0.25) is 0 Å². The van der Waals surface area contributed by atoms with Crippen molar-refractivity contribution >= 4 is 23.5 Å². The summed E-state index contributed by atoms with van der Waals surface area (Å²) in [5.74, 6) is 0.255. The van der Waals surface area contributed by atoms with E-state index < -0.39 is 0 Å². The summed E-state index contributed by atoms with van der Waals surface area (Å²) >= 11 is 5.55. The smallest absolute Gasteiger partial charge is 0.149 e. The highest BCUT2D eigenvalue weighted by molar-refractivity contribution is 6.29. The second kappa shape index (κ2) is 3.69. The van der Waals surface area contributed by atoms with E-state index >= 15 is 0 Å². The number of nitriles is 1. The van der Waals surface area contributed by atoms with Gasteiger partial charge in [-0.25, -0.2) is 9.97 Å². The number of hydrogen-bond acceptors (Lipinski definition) is 4. The van der Waals surface area contributed by atoms with Crippen LogP contribution >= 0.6 is 11.6 Å². The van der Waals surface area contributed by atoms with Gasteiger partial charge in [0.1, 0.15) is 16.7 Å². The van der Waals surface area contributed by atoms with Gasteiger partial charge in [-0.2, -0.15) is 5.26 Å². The van der Waals surface area contributed by atoms with Gasteiger partial charge in [0.25, 0.3) is 0 Å². The van der Waals surface area contributed by atoms with E-state index in [-0.39, 0.29) is 11.0 Å². The number of hydrogen-bond donors (Lipinski definition) is 1. The molecular formula is C7H5ClN4. The van der Waals surface area contributed by atoms with Crippen LogP contribution in [0.3, 0.4) is 0 Å². The monoisotopic (exact) mass is 180 g/mol. The summed E-state index contributed by atoms with van der Waals surface area (Å²) in [5, 5.41) is 8.48. The Morgan fingerprint density at radius 3 is 3.08 bits per heavy atom. The zero-order valence-electron chi connectivity index (χ0n) is 6.03. The quantitative estimate of drug-likeness (QED) is 0.660. The maximum absolute atomic E-state index is 8.23. The Labute approximate surface area is 74.3 Å². The molecule has 5 heteroatoms. The first-order valence-electron chi connectivity index (χ1n) is 3.08. The molecule has 1 aromatic rings. The average Bonchev–Trinajstić information content (AvgIpc) is 2.07. The van der Waals surface area contributed by atoms with Gasteiger partial charge in [0, 0.05) is 6.08 Å². The van der Waals surface area contributed by atoms with Crippen molar-refractivity contribution in [2.45, 2.75) is 0 Å². The molecular weight excluding hydrogens is 176 g/mol. The highest BCUT2D eigenvalue weighted by atomic mass is 35.5. The Balaban J connectivity index is 3.07. The van der Waals surface area contributed by atoms with Gasteiger partial charge in [0.05, 0.1) is 12.3 Å². The Morgan fingerprint density at radius 2 is 2.42 bits per heavy atom. The predicted molar refractivity (Wildman–Crippen MR) is 46.1 cm³/mol. The molecule has 0 aromatic carbocycles. The van der Waals surface area contributed by atoms with E-state index in [1.165, 1.54) is 18.3 Å². The highest BCUT2D eigenvalue weighted by Crippen LogP contribution is 2.10. The maximum Gasteiger partial charge on any atom is 0.149 e. The average molecular weight is 181 g/mol. The van der Waals surface area contributed by atoms with E-state index in [4.69, 9.17) is 22.6 Å². The van der Waals surface area contributed by atoms with Gasteiger partial charge in [-0.15, -0.1) is 0 Å². The van der Waals surface area contributed by atoms with Gasteiger partial charge in [-0.05, 0) is 6.08 Å². The van der Waals surface area contributed by atoms with Crippen LogP contribution in [0.4, 0.5) is 5.82 Å². The molecule has 0 spiro atoms. The fraction of sp³-hybridized carbons (Fsp3) is 0. The Bertz CT molecular complexity index is 353. The summed E-state index contributed by atoms with van der Waals surface area (Å²) in [6.45, 7) is 0. The Hall–Kier alpha value is -1.60. The van der Waals surface area contributed by atoms with Crippen molar-refractivity contribution in [3.8, 4) is 6.07 Å². The molecule has 1 aromatic heterocycles. The molecule has 1 heterocycles. The van der Waals surface area contributed by atoms with Crippen LogP contribution in [0, 0.1) is 11.3 Å². The second-order valence-electron chi connectivity index (χ2n) is 1.93. The number of anilines is 1. The third-order valence-electron chi connectivity index (χ3n) is 1.12. The fourth-order valence-corrected chi connectivity index (χ4v) is 0.769. The molecule has 0 saturated heterocycles. The largest absolute Gasteiger partial charge is 0.382 e. The lowest BCUT2D eigenvalue weighted by molar-refractivity contribution is 1.19. The van der Waals surface area contributed by atoms with Gasteiger partial charge in [0.2, 0.25) is 0 Å². The van der Waals surface area contributed by atoms with E-state index in [9.17, 15) is 0 Å². The zero-order chi connectivity index (χ0) is 8.97. The standard InChI is InChI=1S/C7H5ClN4/c8-6-4-11-7(10)5(12-6)2-1-3-9/h1-2,4H,(H2,10,11). The fourth-order valence-electron chi connectivity index (χ4n) is 0.629. The van der Waals surface area contributed by atoms with Gasteiger partial charge < -0.3 is 5.73 Å². The number of allylic oxidation sites excluding steroid dienone is 1. The zero-order valence-corrected chi connectivity index (χ0v) is 6.78. The molecule has 12 heavy (non-hydrogen) atoms. The third kappa shape index (κ3) is 1.94. The molecule has 0 atom stereocenters. The summed E-state index contributed by atoms with van der Waals surface area (Å²) < 4.78 is 0. The van der Waals surface area contributed by atoms with E-state index in [0.29, 0.717) is 5.69 Å². The third-order valence-corrected chi connectivity index (χ3v) is 1.30. The molecule has 0 unspecified atom stereocenters. The lowest BCUT2D eigenvalue weighted by atomic mass is 10.4. The Kier molecular flexibility index (Phi) is 2.62. The van der Waals surface area contributed by atoms with E-state index in [2.05, 4.69) is 9.97 Å². The molecule has 1 rings (SSSR count). The highest BCUT2D eigenvalue weighted by Gasteiger charge is 1.98. The van der Waals surface area contributed by atoms with Crippen molar-refractivity contribution in [3.05, 3.63) is 23.1 Å². The van der Waals surface area contributed by atoms with E-state index in [0.717, 1.165) is 0 Å². The van der Waals surface area contributed by atoms with Crippen molar-refractivity contribution in [1.29, 1.82) is 5.26 Å². The maximum atomic E-state index is 8.23. The lowest BCUT2D eigenvalue weighted by Gasteiger charge is -1.96. The minimum absolute atomic E-state index is 0.252. The normalized spacial score (nSPS) is 10.0. The Morgan fingerprint density at radius 1 is 1.67 bits per heavy atom. The number of nitrogens with two attached hydrogens (primary N) is 1. The number of aromatic nitrogens is 2. The molecule has 2 N–H and O–H groups in total. The number of nitrogens with zero attached hydrogens (tertiary/aromatic N) is 3. The molecule has 0 radical (unpaired) electrons. The van der Waals surface area contributed by atoms with Gasteiger partial charge in [0.15, 0.2) is 0 Å². The van der Waals surface area contributed by atoms with Crippen molar-refractivity contribution in [1.82, 2.24) is 9.97 Å². The topological polar surface area (TPSA) is 75.6 Å². The SMILES string of the molecule is N#CC=Cc1nc(Cl)cnc1N. The molecule has 0 aliphatic rings. The van der Waals surface area contributed by atoms with Gasteiger partial charge in [-0.1, -0.05) is 11.6 Å². The molecule has 0 bridgehead atoms. The van der Waals surface area contributed by atoms with Crippen LogP contribution in [0.5, 0.6) is 0 Å². The van der Waals surface area contributed by atoms with Gasteiger partial charge >= 0.3 is 0 Å². The molecule has 0 aliphatic heterocycles. The number of rotatable bonds is 1. The van der Waals surface area contributed by atoms with Crippen LogP contribution in [0.25, 0.3) is 6.08 Å². The minimum Gasteiger partial charge on any atom is -0.382 e. The van der Waals surface area contributed by atoms with Crippen LogP contribution in [0.15, 0.2) is 12.3 Å². The molecule has 0 saturated carbocycles. The molecule has 0 aliphatic carbocycles. The van der Waals surface area contributed by atoms with Crippen LogP contribution in [-0.2, 0) is 0 Å². The van der Waals surface area contributed by atoms with Crippen LogP contribution in [0.2, 0.25) is 5.15 Å². The molecule has 0 fully saturated rings. The first-order chi connectivity index (χ1) is 5.74. The minimum atomic E-state index is 0.252. The number of nitrogen functional groups attached to an aromatic ring is 1. The second-order valence-corrected chi connectivity index (χ2v) is 2.31. The predicted octanol–water partition coefficient (Wildman–Crippen LogP) is 1.25. The van der Waals surface area contributed by atoms with Crippen molar-refractivity contribution in [2.75, 3.05) is 5.73 Å². The summed E-state index contributed by atoms with van der Waals surface area (Å²) in [6, 6.07) is 1.82. The van der Waals surface area contributed by atoms with Crippen molar-refractivity contribution < 1.29 is 0 Å². The molecule has 60 valence electrons. The van der Waals surface area contributed by atoms with Crippen LogP contribution in [0.1, 0.15) is 5.69 Å². The summed E-state index contributed by atoms with van der Waals surface area (Å²) in [7, 11) is 0. The molecule has 0 amide bonds. The lowest BCUT2D eigenvalue weighted by Crippen LogP contribution is -1.96. The number of halogens is 1. The van der Waals surface area contributed by atoms with Crippen molar-refractivity contribution in [2.24, 2.45) is 0 Å². The summed E-state index contributed by atoms with van der Waals surface area (Å²) in [4.78, 5) is 7.60. The summed E-state index contributed by atoms with van der Waals surface area (Å²) in [5.41, 5.74) is 5.84. The first-order valence-corrected chi connectivity index (χ1v) is 3.46. The van der Waals surface area contributed by atoms with Crippen molar-refractivity contribution in [3.63, 3.8) is 0 Å². The first kappa shape index (κ1) is 8.50. The van der Waals surface area contributed by atoms with E-state index in [1.807, 2.05) is 6.07 Å². The molecule has 4 nitrogen and oxygen atoms in total. The summed E-state index contributed by atoms with van der Waals surface area (Å²) in [6.07, 6.45) is 4.06. The van der Waals surface area contributed by atoms with Crippen LogP contribution < -0.4 is 5.73 Å². The van der Waals surface area contributed by atoms with E-state index in [1.54, 1.807) is 0 Å². The van der Waals surface area contributed by atoms with Crippen LogP contribution in [-0.4, -0.2) is 9.97 Å².